The molecule has 0 aliphatic rings. The summed E-state index contributed by atoms with van der Waals surface area (Å²) in [6.07, 6.45) is 0.819. The average Bonchev–Trinajstić information content (AvgIpc) is 2.62. The van der Waals surface area contributed by atoms with Gasteiger partial charge >= 0.3 is 0 Å². The Morgan fingerprint density at radius 3 is 2.38 bits per heavy atom. The third kappa shape index (κ3) is 6.16. The standard InChI is InChI=1S/C19H24N2O3S2/c1-16-9-11-18(12-10-16)26(23,24)21(2)15-19(22)20-13-6-14-25-17-7-4-3-5-8-17/h3-5,7-12H,6,13-15H2,1-2H3,(H,20,22). The second kappa shape index (κ2) is 9.75. The summed E-state index contributed by atoms with van der Waals surface area (Å²) in [6.45, 7) is 2.22. The van der Waals surface area contributed by atoms with Gasteiger partial charge in [0.25, 0.3) is 0 Å². The first-order valence-corrected chi connectivity index (χ1v) is 10.8. The summed E-state index contributed by atoms with van der Waals surface area (Å²) in [5, 5.41) is 2.77. The molecular weight excluding hydrogens is 368 g/mol. The fourth-order valence-corrected chi connectivity index (χ4v) is 4.24. The number of carbonyl (C=O) groups excluding carboxylic acids is 1. The maximum absolute atomic E-state index is 12.5. The molecule has 0 heterocycles. The molecule has 0 saturated heterocycles. The molecule has 2 aromatic rings. The summed E-state index contributed by atoms with van der Waals surface area (Å²) in [6, 6.07) is 16.7. The minimum atomic E-state index is -3.65. The SMILES string of the molecule is Cc1ccc(S(=O)(=O)N(C)CC(=O)NCCCSc2ccccc2)cc1. The molecule has 0 unspecified atom stereocenters. The van der Waals surface area contributed by atoms with Crippen molar-refractivity contribution >= 4 is 27.7 Å². The van der Waals surface area contributed by atoms with E-state index < -0.39 is 10.0 Å². The Labute approximate surface area is 159 Å². The molecule has 0 spiro atoms. The summed E-state index contributed by atoms with van der Waals surface area (Å²) in [5.41, 5.74) is 0.984. The summed E-state index contributed by atoms with van der Waals surface area (Å²) < 4.78 is 26.0. The Hall–Kier alpha value is -1.83. The Balaban J connectivity index is 1.73. The molecule has 1 N–H and O–H groups in total. The minimum Gasteiger partial charge on any atom is -0.355 e. The van der Waals surface area contributed by atoms with E-state index in [1.54, 1.807) is 36.0 Å². The number of aryl methyl sites for hydroxylation is 1. The zero-order chi connectivity index (χ0) is 19.0. The molecule has 0 aliphatic heterocycles. The van der Waals surface area contributed by atoms with Gasteiger partial charge in [0, 0.05) is 18.5 Å². The highest BCUT2D eigenvalue weighted by atomic mass is 32.2. The molecule has 0 saturated carbocycles. The zero-order valence-electron chi connectivity index (χ0n) is 15.0. The van der Waals surface area contributed by atoms with Gasteiger partial charge in [0.2, 0.25) is 15.9 Å². The Bertz CT molecular complexity index is 806. The van der Waals surface area contributed by atoms with Crippen LogP contribution in [0.5, 0.6) is 0 Å². The van der Waals surface area contributed by atoms with E-state index in [-0.39, 0.29) is 17.3 Å². The molecule has 1 amide bonds. The molecule has 0 bridgehead atoms. The van der Waals surface area contributed by atoms with Gasteiger partial charge in [0.15, 0.2) is 0 Å². The number of thioether (sulfide) groups is 1. The van der Waals surface area contributed by atoms with E-state index in [1.807, 2.05) is 37.3 Å². The second-order valence-electron chi connectivity index (χ2n) is 5.94. The number of amides is 1. The van der Waals surface area contributed by atoms with Crippen LogP contribution in [0.3, 0.4) is 0 Å². The molecule has 5 nitrogen and oxygen atoms in total. The maximum atomic E-state index is 12.5. The van der Waals surface area contributed by atoms with Crippen molar-refractivity contribution in [1.29, 1.82) is 0 Å². The van der Waals surface area contributed by atoms with Crippen molar-refractivity contribution in [2.45, 2.75) is 23.1 Å². The first-order chi connectivity index (χ1) is 12.4. The Kier molecular flexibility index (Phi) is 7.68. The molecule has 7 heteroatoms. The van der Waals surface area contributed by atoms with Gasteiger partial charge in [-0.1, -0.05) is 35.9 Å². The number of benzene rings is 2. The van der Waals surface area contributed by atoms with Gasteiger partial charge in [-0.2, -0.15) is 4.31 Å². The average molecular weight is 393 g/mol. The fourth-order valence-electron chi connectivity index (χ4n) is 2.24. The van der Waals surface area contributed by atoms with Gasteiger partial charge in [-0.3, -0.25) is 4.79 Å². The molecule has 2 aromatic carbocycles. The molecular formula is C19H24N2O3S2. The van der Waals surface area contributed by atoms with Crippen LogP contribution in [0.1, 0.15) is 12.0 Å². The summed E-state index contributed by atoms with van der Waals surface area (Å²) in [4.78, 5) is 13.4. The van der Waals surface area contributed by atoms with Crippen LogP contribution in [0.15, 0.2) is 64.4 Å². The highest BCUT2D eigenvalue weighted by Crippen LogP contribution is 2.17. The van der Waals surface area contributed by atoms with Crippen molar-refractivity contribution in [1.82, 2.24) is 9.62 Å². The molecule has 2 rings (SSSR count). The Morgan fingerprint density at radius 1 is 1.08 bits per heavy atom. The monoisotopic (exact) mass is 392 g/mol. The van der Waals surface area contributed by atoms with E-state index in [1.165, 1.54) is 11.9 Å². The van der Waals surface area contributed by atoms with E-state index in [4.69, 9.17) is 0 Å². The number of rotatable bonds is 9. The number of hydrogen-bond acceptors (Lipinski definition) is 4. The highest BCUT2D eigenvalue weighted by Gasteiger charge is 2.22. The first-order valence-electron chi connectivity index (χ1n) is 8.37. The first kappa shape index (κ1) is 20.5. The van der Waals surface area contributed by atoms with Gasteiger partial charge < -0.3 is 5.32 Å². The lowest BCUT2D eigenvalue weighted by Gasteiger charge is -2.17. The topological polar surface area (TPSA) is 66.5 Å². The van der Waals surface area contributed by atoms with Crippen LogP contribution in [0.4, 0.5) is 0 Å². The van der Waals surface area contributed by atoms with Gasteiger partial charge in [-0.05, 0) is 43.4 Å². The van der Waals surface area contributed by atoms with E-state index >= 15 is 0 Å². The lowest BCUT2D eigenvalue weighted by molar-refractivity contribution is -0.121. The third-order valence-corrected chi connectivity index (χ3v) is 6.67. The lowest BCUT2D eigenvalue weighted by atomic mass is 10.2. The van der Waals surface area contributed by atoms with Crippen molar-refractivity contribution in [3.8, 4) is 0 Å². The summed E-state index contributed by atoms with van der Waals surface area (Å²) >= 11 is 1.73. The van der Waals surface area contributed by atoms with Crippen molar-refractivity contribution in [2.24, 2.45) is 0 Å². The third-order valence-electron chi connectivity index (χ3n) is 3.75. The van der Waals surface area contributed by atoms with Crippen molar-refractivity contribution in [3.05, 3.63) is 60.2 Å². The van der Waals surface area contributed by atoms with Crippen LogP contribution >= 0.6 is 11.8 Å². The van der Waals surface area contributed by atoms with Gasteiger partial charge in [0.1, 0.15) is 0 Å². The molecule has 0 radical (unpaired) electrons. The van der Waals surface area contributed by atoms with Crippen molar-refractivity contribution < 1.29 is 13.2 Å². The van der Waals surface area contributed by atoms with E-state index in [0.717, 1.165) is 22.0 Å². The summed E-state index contributed by atoms with van der Waals surface area (Å²) in [7, 11) is -2.24. The predicted octanol–water partition coefficient (Wildman–Crippen LogP) is 2.91. The minimum absolute atomic E-state index is 0.192. The smallest absolute Gasteiger partial charge is 0.243 e. The van der Waals surface area contributed by atoms with Gasteiger partial charge in [-0.25, -0.2) is 8.42 Å². The molecule has 26 heavy (non-hydrogen) atoms. The predicted molar refractivity (Wildman–Crippen MR) is 106 cm³/mol. The van der Waals surface area contributed by atoms with Crippen LogP contribution in [-0.2, 0) is 14.8 Å². The van der Waals surface area contributed by atoms with Gasteiger partial charge in [0.05, 0.1) is 11.4 Å². The number of sulfonamides is 1. The summed E-state index contributed by atoms with van der Waals surface area (Å²) in [5.74, 6) is 0.592. The molecule has 0 aliphatic carbocycles. The number of hydrogen-bond donors (Lipinski definition) is 1. The van der Waals surface area contributed by atoms with Crippen molar-refractivity contribution in [3.63, 3.8) is 0 Å². The van der Waals surface area contributed by atoms with Crippen LogP contribution in [-0.4, -0.2) is 44.5 Å². The number of carbonyl (C=O) groups is 1. The van der Waals surface area contributed by atoms with Gasteiger partial charge in [-0.15, -0.1) is 11.8 Å². The van der Waals surface area contributed by atoms with E-state index in [0.29, 0.717) is 6.54 Å². The van der Waals surface area contributed by atoms with Crippen LogP contribution in [0.2, 0.25) is 0 Å². The maximum Gasteiger partial charge on any atom is 0.243 e. The highest BCUT2D eigenvalue weighted by molar-refractivity contribution is 7.99. The lowest BCUT2D eigenvalue weighted by Crippen LogP contribution is -2.38. The Morgan fingerprint density at radius 2 is 1.73 bits per heavy atom. The molecule has 0 aromatic heterocycles. The van der Waals surface area contributed by atoms with Crippen molar-refractivity contribution in [2.75, 3.05) is 25.9 Å². The molecule has 0 fully saturated rings. The van der Waals surface area contributed by atoms with Crippen LogP contribution in [0, 0.1) is 6.92 Å². The number of nitrogens with one attached hydrogen (secondary N) is 1. The largest absolute Gasteiger partial charge is 0.355 e. The molecule has 0 atom stereocenters. The second-order valence-corrected chi connectivity index (χ2v) is 9.15. The fraction of sp³-hybridized carbons (Fsp3) is 0.316. The van der Waals surface area contributed by atoms with Crippen LogP contribution in [0.25, 0.3) is 0 Å². The van der Waals surface area contributed by atoms with E-state index in [2.05, 4.69) is 5.32 Å². The molecule has 140 valence electrons. The number of likely N-dealkylation sites (N-methyl/N-ethyl adjacent to an activating group) is 1. The zero-order valence-corrected chi connectivity index (χ0v) is 16.6. The van der Waals surface area contributed by atoms with E-state index in [9.17, 15) is 13.2 Å². The number of nitrogens with zero attached hydrogens (tertiary/aromatic N) is 1. The van der Waals surface area contributed by atoms with Crippen LogP contribution < -0.4 is 5.32 Å². The quantitative estimate of drug-likeness (QED) is 0.526. The normalized spacial score (nSPS) is 11.5.